The normalized spacial score (nSPS) is 14.0. The van der Waals surface area contributed by atoms with Crippen LogP contribution in [0.1, 0.15) is 32.9 Å². The van der Waals surface area contributed by atoms with Gasteiger partial charge < -0.3 is 14.5 Å². The fourth-order valence-electron chi connectivity index (χ4n) is 3.75. The quantitative estimate of drug-likeness (QED) is 0.633. The second kappa shape index (κ2) is 8.94. The molecule has 1 aliphatic heterocycles. The summed E-state index contributed by atoms with van der Waals surface area (Å²) in [5.74, 6) is 0.577. The Morgan fingerprint density at radius 3 is 2.16 bits per heavy atom. The average molecular weight is 433 g/mol. The molecule has 0 saturated carbocycles. The molecular weight excluding hydrogens is 404 g/mol. The van der Waals surface area contributed by atoms with Gasteiger partial charge >= 0.3 is 0 Å². The number of piperazine rings is 1. The Labute approximate surface area is 188 Å². The van der Waals surface area contributed by atoms with Gasteiger partial charge in [-0.3, -0.25) is 9.59 Å². The summed E-state index contributed by atoms with van der Waals surface area (Å²) >= 11 is 0. The molecule has 2 amide bonds. The Morgan fingerprint density at radius 1 is 0.812 bits per heavy atom. The van der Waals surface area contributed by atoms with Crippen LogP contribution in [0.5, 0.6) is 5.75 Å². The van der Waals surface area contributed by atoms with Crippen molar-refractivity contribution in [2.24, 2.45) is 0 Å². The van der Waals surface area contributed by atoms with Gasteiger partial charge in [-0.05, 0) is 69.2 Å². The average Bonchev–Trinajstić information content (AvgIpc) is 2.79. The van der Waals surface area contributed by atoms with Gasteiger partial charge in [0.15, 0.2) is 6.61 Å². The first-order valence-corrected chi connectivity index (χ1v) is 10.8. The standard InChI is InChI=1S/C25H28N4O3/c1-16-5-7-21(13-17(16)2)32-15-24(30)28-9-11-29(12-10-28)25(31)20-6-8-22-23(14-20)27-19(4)18(3)26-22/h5-8,13-14H,9-12,15H2,1-4H3. The minimum absolute atomic E-state index is 0.00143. The molecule has 0 spiro atoms. The third-order valence-electron chi connectivity index (χ3n) is 6.08. The predicted molar refractivity (Wildman–Crippen MR) is 123 cm³/mol. The molecule has 0 atom stereocenters. The van der Waals surface area contributed by atoms with E-state index in [1.807, 2.05) is 52.0 Å². The van der Waals surface area contributed by atoms with Crippen molar-refractivity contribution < 1.29 is 14.3 Å². The lowest BCUT2D eigenvalue weighted by Crippen LogP contribution is -2.51. The van der Waals surface area contributed by atoms with Gasteiger partial charge in [-0.25, -0.2) is 9.97 Å². The van der Waals surface area contributed by atoms with Gasteiger partial charge in [0.2, 0.25) is 0 Å². The molecule has 1 saturated heterocycles. The number of ether oxygens (including phenoxy) is 1. The third kappa shape index (κ3) is 4.56. The van der Waals surface area contributed by atoms with E-state index in [0.717, 1.165) is 28.0 Å². The number of rotatable bonds is 4. The van der Waals surface area contributed by atoms with Gasteiger partial charge in [0.1, 0.15) is 5.75 Å². The number of benzene rings is 2. The minimum atomic E-state index is -0.0675. The first-order chi connectivity index (χ1) is 15.3. The van der Waals surface area contributed by atoms with Crippen LogP contribution in [-0.2, 0) is 4.79 Å². The predicted octanol–water partition coefficient (Wildman–Crippen LogP) is 3.23. The fraction of sp³-hybridized carbons (Fsp3) is 0.360. The molecule has 0 N–H and O–H groups in total. The number of fused-ring (bicyclic) bond motifs is 1. The van der Waals surface area contributed by atoms with Crippen molar-refractivity contribution in [1.29, 1.82) is 0 Å². The summed E-state index contributed by atoms with van der Waals surface area (Å²) in [5, 5.41) is 0. The van der Waals surface area contributed by atoms with Gasteiger partial charge in [-0.15, -0.1) is 0 Å². The van der Waals surface area contributed by atoms with Crippen LogP contribution in [0.25, 0.3) is 11.0 Å². The summed E-state index contributed by atoms with van der Waals surface area (Å²) in [6.07, 6.45) is 0. The van der Waals surface area contributed by atoms with Gasteiger partial charge in [-0.1, -0.05) is 6.07 Å². The van der Waals surface area contributed by atoms with E-state index in [0.29, 0.717) is 37.5 Å². The van der Waals surface area contributed by atoms with Crippen molar-refractivity contribution in [1.82, 2.24) is 19.8 Å². The lowest BCUT2D eigenvalue weighted by atomic mass is 10.1. The van der Waals surface area contributed by atoms with E-state index in [1.54, 1.807) is 21.9 Å². The summed E-state index contributed by atoms with van der Waals surface area (Å²) in [5.41, 5.74) is 6.16. The highest BCUT2D eigenvalue weighted by Crippen LogP contribution is 2.18. The summed E-state index contributed by atoms with van der Waals surface area (Å²) in [6.45, 7) is 9.86. The van der Waals surface area contributed by atoms with Crippen molar-refractivity contribution in [3.8, 4) is 5.75 Å². The van der Waals surface area contributed by atoms with Crippen LogP contribution >= 0.6 is 0 Å². The minimum Gasteiger partial charge on any atom is -0.484 e. The maximum Gasteiger partial charge on any atom is 0.260 e. The molecule has 7 heteroatoms. The van der Waals surface area contributed by atoms with Crippen LogP contribution in [-0.4, -0.2) is 64.4 Å². The molecule has 1 aliphatic rings. The third-order valence-corrected chi connectivity index (χ3v) is 6.08. The maximum absolute atomic E-state index is 13.0. The molecule has 32 heavy (non-hydrogen) atoms. The van der Waals surface area contributed by atoms with E-state index >= 15 is 0 Å². The molecule has 1 aromatic heterocycles. The largest absolute Gasteiger partial charge is 0.484 e. The Hall–Kier alpha value is -3.48. The van der Waals surface area contributed by atoms with Crippen molar-refractivity contribution in [3.63, 3.8) is 0 Å². The Balaban J connectivity index is 1.34. The number of amides is 2. The van der Waals surface area contributed by atoms with E-state index in [9.17, 15) is 9.59 Å². The van der Waals surface area contributed by atoms with Crippen molar-refractivity contribution in [2.45, 2.75) is 27.7 Å². The molecule has 166 valence electrons. The SMILES string of the molecule is Cc1ccc(OCC(=O)N2CCN(C(=O)c3ccc4nc(C)c(C)nc4c3)CC2)cc1C. The van der Waals surface area contributed by atoms with Gasteiger partial charge in [-0.2, -0.15) is 0 Å². The first kappa shape index (κ1) is 21.7. The van der Waals surface area contributed by atoms with E-state index in [2.05, 4.69) is 9.97 Å². The molecule has 2 heterocycles. The Bertz CT molecular complexity index is 1180. The monoisotopic (exact) mass is 432 g/mol. The first-order valence-electron chi connectivity index (χ1n) is 10.8. The molecule has 0 bridgehead atoms. The zero-order valence-electron chi connectivity index (χ0n) is 19.0. The molecule has 7 nitrogen and oxygen atoms in total. The van der Waals surface area contributed by atoms with Crippen LogP contribution < -0.4 is 4.74 Å². The van der Waals surface area contributed by atoms with Crippen LogP contribution in [0.4, 0.5) is 0 Å². The molecule has 3 aromatic rings. The smallest absolute Gasteiger partial charge is 0.260 e. The lowest BCUT2D eigenvalue weighted by molar-refractivity contribution is -0.134. The van der Waals surface area contributed by atoms with Crippen LogP contribution in [0.15, 0.2) is 36.4 Å². The Morgan fingerprint density at radius 2 is 1.47 bits per heavy atom. The molecule has 4 rings (SSSR count). The Kier molecular flexibility index (Phi) is 6.08. The van der Waals surface area contributed by atoms with Crippen LogP contribution in [0.3, 0.4) is 0 Å². The highest BCUT2D eigenvalue weighted by atomic mass is 16.5. The zero-order valence-corrected chi connectivity index (χ0v) is 19.0. The zero-order chi connectivity index (χ0) is 22.8. The molecule has 1 fully saturated rings. The fourth-order valence-corrected chi connectivity index (χ4v) is 3.75. The number of nitrogens with zero attached hydrogens (tertiary/aromatic N) is 4. The summed E-state index contributed by atoms with van der Waals surface area (Å²) in [4.78, 5) is 38.2. The number of hydrogen-bond donors (Lipinski definition) is 0. The van der Waals surface area contributed by atoms with E-state index in [-0.39, 0.29) is 18.4 Å². The number of carbonyl (C=O) groups excluding carboxylic acids is 2. The topological polar surface area (TPSA) is 75.6 Å². The second-order valence-corrected chi connectivity index (χ2v) is 8.31. The number of hydrogen-bond acceptors (Lipinski definition) is 5. The van der Waals surface area contributed by atoms with Crippen molar-refractivity contribution >= 4 is 22.8 Å². The van der Waals surface area contributed by atoms with Gasteiger partial charge in [0.05, 0.1) is 22.4 Å². The van der Waals surface area contributed by atoms with E-state index in [4.69, 9.17) is 4.74 Å². The molecular formula is C25H28N4O3. The van der Waals surface area contributed by atoms with Gasteiger partial charge in [0, 0.05) is 31.7 Å². The number of aryl methyl sites for hydroxylation is 4. The maximum atomic E-state index is 13.0. The summed E-state index contributed by atoms with van der Waals surface area (Å²) < 4.78 is 5.67. The second-order valence-electron chi connectivity index (χ2n) is 8.31. The van der Waals surface area contributed by atoms with Gasteiger partial charge in [0.25, 0.3) is 11.8 Å². The number of carbonyl (C=O) groups is 2. The molecule has 2 aromatic carbocycles. The highest BCUT2D eigenvalue weighted by molar-refractivity contribution is 5.97. The van der Waals surface area contributed by atoms with E-state index in [1.165, 1.54) is 5.56 Å². The molecule has 0 unspecified atom stereocenters. The molecule has 0 radical (unpaired) electrons. The number of aromatic nitrogens is 2. The summed E-state index contributed by atoms with van der Waals surface area (Å²) in [6, 6.07) is 11.2. The molecule has 0 aliphatic carbocycles. The van der Waals surface area contributed by atoms with Crippen molar-refractivity contribution in [3.05, 3.63) is 64.5 Å². The van der Waals surface area contributed by atoms with E-state index < -0.39 is 0 Å². The summed E-state index contributed by atoms with van der Waals surface area (Å²) in [7, 11) is 0. The van der Waals surface area contributed by atoms with Crippen molar-refractivity contribution in [2.75, 3.05) is 32.8 Å². The van der Waals surface area contributed by atoms with Crippen LogP contribution in [0, 0.1) is 27.7 Å². The highest BCUT2D eigenvalue weighted by Gasteiger charge is 2.25. The lowest BCUT2D eigenvalue weighted by Gasteiger charge is -2.34. The van der Waals surface area contributed by atoms with Crippen LogP contribution in [0.2, 0.25) is 0 Å².